The van der Waals surface area contributed by atoms with E-state index in [2.05, 4.69) is 37.5 Å². The molecule has 0 amide bonds. The molecule has 1 atom stereocenters. The van der Waals surface area contributed by atoms with Gasteiger partial charge in [0.25, 0.3) is 0 Å². The number of anilines is 2. The molecule has 4 rings (SSSR count). The van der Waals surface area contributed by atoms with E-state index in [0.29, 0.717) is 17.3 Å². The largest absolute Gasteiger partial charge is 0.364 e. The lowest BCUT2D eigenvalue weighted by Crippen LogP contribution is -2.24. The van der Waals surface area contributed by atoms with Crippen molar-refractivity contribution < 1.29 is 4.63 Å². The van der Waals surface area contributed by atoms with E-state index in [1.54, 1.807) is 11.3 Å². The lowest BCUT2D eigenvalue weighted by molar-refractivity contribution is 0.314. The summed E-state index contributed by atoms with van der Waals surface area (Å²) in [6.07, 6.45) is 4.12. The van der Waals surface area contributed by atoms with Crippen molar-refractivity contribution >= 4 is 34.3 Å². The molecule has 0 bridgehead atoms. The molecule has 3 aromatic heterocycles. The summed E-state index contributed by atoms with van der Waals surface area (Å²) in [4.78, 5) is 15.5. The second-order valence-electron chi connectivity index (χ2n) is 5.38. The Morgan fingerprint density at radius 2 is 2.09 bits per heavy atom. The van der Waals surface area contributed by atoms with Crippen LogP contribution in [0.25, 0.3) is 11.3 Å². The van der Waals surface area contributed by atoms with E-state index in [0.717, 1.165) is 29.5 Å². The highest BCUT2D eigenvalue weighted by Crippen LogP contribution is 2.33. The van der Waals surface area contributed by atoms with Gasteiger partial charge in [0.1, 0.15) is 5.01 Å². The van der Waals surface area contributed by atoms with Crippen LogP contribution in [0.1, 0.15) is 30.8 Å². The summed E-state index contributed by atoms with van der Waals surface area (Å²) >= 11 is 1.62. The smallest absolute Gasteiger partial charge is 0.245 e. The maximum atomic E-state index is 4.73. The molecule has 1 aliphatic carbocycles. The van der Waals surface area contributed by atoms with Gasteiger partial charge in [-0.3, -0.25) is 0 Å². The van der Waals surface area contributed by atoms with Crippen LogP contribution in [-0.4, -0.2) is 38.4 Å². The normalized spacial score (nSPS) is 15.9. The lowest BCUT2D eigenvalue weighted by atomic mass is 10.3. The summed E-state index contributed by atoms with van der Waals surface area (Å²) in [6.45, 7) is 2.09. The molecule has 3 aromatic rings. The number of aromatic nitrogens is 5. The van der Waals surface area contributed by atoms with Gasteiger partial charge in [-0.25, -0.2) is 19.6 Å². The van der Waals surface area contributed by atoms with Gasteiger partial charge in [-0.05, 0) is 30.1 Å². The van der Waals surface area contributed by atoms with Crippen molar-refractivity contribution in [1.82, 2.24) is 25.3 Å². The molecule has 3 heterocycles. The number of hydrogen-bond acceptors (Lipinski definition) is 9. The third-order valence-electron chi connectivity index (χ3n) is 3.74. The van der Waals surface area contributed by atoms with Crippen molar-refractivity contribution in [2.45, 2.75) is 31.8 Å². The number of fused-ring (bicyclic) bond motifs is 1. The number of thiazole rings is 1. The van der Waals surface area contributed by atoms with Gasteiger partial charge in [0.05, 0.1) is 6.04 Å². The highest BCUT2D eigenvalue weighted by Gasteiger charge is 2.27. The Balaban J connectivity index is 1.74. The van der Waals surface area contributed by atoms with E-state index in [1.807, 2.05) is 23.5 Å². The Labute approximate surface area is 130 Å². The topological polar surface area (TPSA) is 92.9 Å². The molecular formula is C13H15N7OS. The van der Waals surface area contributed by atoms with Crippen molar-refractivity contribution in [2.24, 2.45) is 0 Å². The van der Waals surface area contributed by atoms with E-state index in [9.17, 15) is 0 Å². The number of hydrogen-bond donors (Lipinski definition) is 1. The van der Waals surface area contributed by atoms with Gasteiger partial charge in [-0.1, -0.05) is 0 Å². The average molecular weight is 317 g/mol. The quantitative estimate of drug-likeness (QED) is 0.766. The summed E-state index contributed by atoms with van der Waals surface area (Å²) in [5.74, 6) is 1.45. The van der Waals surface area contributed by atoms with Crippen molar-refractivity contribution in [2.75, 3.05) is 17.3 Å². The Bertz CT molecular complexity index is 783. The Kier molecular flexibility index (Phi) is 3.14. The first-order valence-corrected chi connectivity index (χ1v) is 7.99. The van der Waals surface area contributed by atoms with Crippen molar-refractivity contribution in [1.29, 1.82) is 0 Å². The zero-order valence-electron chi connectivity index (χ0n) is 12.2. The summed E-state index contributed by atoms with van der Waals surface area (Å²) in [6, 6.07) is 0.556. The molecule has 0 radical (unpaired) electrons. The molecule has 0 spiro atoms. The Hall–Kier alpha value is -2.29. The molecule has 9 heteroatoms. The molecule has 0 aromatic carbocycles. The standard InChI is InChI=1S/C13H15N7OS/c1-7(13-14-5-6-22-13)20(2)12-11(15-8-3-4-8)16-9-10(17-12)19-21-18-9/h5-8H,3-4H2,1-2H3,(H,15,16,18)/t7-/m0/s1. The molecule has 0 saturated heterocycles. The zero-order valence-corrected chi connectivity index (χ0v) is 13.0. The fourth-order valence-corrected chi connectivity index (χ4v) is 2.92. The third-order valence-corrected chi connectivity index (χ3v) is 4.68. The first-order valence-electron chi connectivity index (χ1n) is 7.11. The number of rotatable bonds is 5. The molecule has 1 aliphatic rings. The molecule has 22 heavy (non-hydrogen) atoms. The third kappa shape index (κ3) is 2.37. The van der Waals surface area contributed by atoms with Crippen molar-refractivity contribution in [3.05, 3.63) is 16.6 Å². The predicted molar refractivity (Wildman–Crippen MR) is 83.0 cm³/mol. The van der Waals surface area contributed by atoms with Crippen LogP contribution in [0.15, 0.2) is 16.2 Å². The fourth-order valence-electron chi connectivity index (χ4n) is 2.18. The van der Waals surface area contributed by atoms with E-state index in [1.165, 1.54) is 0 Å². The van der Waals surface area contributed by atoms with Gasteiger partial charge in [0, 0.05) is 24.7 Å². The monoisotopic (exact) mass is 317 g/mol. The molecular weight excluding hydrogens is 302 g/mol. The molecule has 0 unspecified atom stereocenters. The van der Waals surface area contributed by atoms with Crippen LogP contribution in [0.5, 0.6) is 0 Å². The lowest BCUT2D eigenvalue weighted by Gasteiger charge is -2.25. The molecule has 1 saturated carbocycles. The predicted octanol–water partition coefficient (Wildman–Crippen LogP) is 2.24. The van der Waals surface area contributed by atoms with Gasteiger partial charge in [-0.2, -0.15) is 0 Å². The van der Waals surface area contributed by atoms with Gasteiger partial charge in [-0.15, -0.1) is 11.3 Å². The van der Waals surface area contributed by atoms with E-state index >= 15 is 0 Å². The average Bonchev–Trinajstić information content (AvgIpc) is 3.03. The second kappa shape index (κ2) is 5.16. The van der Waals surface area contributed by atoms with Crippen LogP contribution >= 0.6 is 11.3 Å². The highest BCUT2D eigenvalue weighted by atomic mass is 32.1. The summed E-state index contributed by atoms with van der Waals surface area (Å²) < 4.78 is 4.73. The minimum absolute atomic E-state index is 0.0892. The maximum Gasteiger partial charge on any atom is 0.245 e. The van der Waals surface area contributed by atoms with E-state index < -0.39 is 0 Å². The van der Waals surface area contributed by atoms with Crippen molar-refractivity contribution in [3.63, 3.8) is 0 Å². The minimum Gasteiger partial charge on any atom is -0.364 e. The van der Waals surface area contributed by atoms with Gasteiger partial charge >= 0.3 is 0 Å². The molecule has 1 fully saturated rings. The second-order valence-corrected chi connectivity index (χ2v) is 6.31. The van der Waals surface area contributed by atoms with Crippen molar-refractivity contribution in [3.8, 4) is 0 Å². The minimum atomic E-state index is 0.0892. The van der Waals surface area contributed by atoms with Crippen LogP contribution in [-0.2, 0) is 0 Å². The summed E-state index contributed by atoms with van der Waals surface area (Å²) in [7, 11) is 1.98. The van der Waals surface area contributed by atoms with E-state index in [-0.39, 0.29) is 6.04 Å². The SMILES string of the molecule is C[C@@H](c1nccs1)N(C)c1nc2nonc2nc1NC1CC1. The van der Waals surface area contributed by atoms with Gasteiger partial charge in [0.15, 0.2) is 11.6 Å². The first kappa shape index (κ1) is 13.4. The molecule has 114 valence electrons. The zero-order chi connectivity index (χ0) is 15.1. The van der Waals surface area contributed by atoms with Gasteiger partial charge < -0.3 is 10.2 Å². The first-order chi connectivity index (χ1) is 10.7. The van der Waals surface area contributed by atoms with Crippen LogP contribution < -0.4 is 10.2 Å². The van der Waals surface area contributed by atoms with Gasteiger partial charge in [0.2, 0.25) is 11.3 Å². The molecule has 8 nitrogen and oxygen atoms in total. The fraction of sp³-hybridized carbons (Fsp3) is 0.462. The van der Waals surface area contributed by atoms with E-state index in [4.69, 9.17) is 4.63 Å². The van der Waals surface area contributed by atoms with Crippen LogP contribution in [0.3, 0.4) is 0 Å². The summed E-state index contributed by atoms with van der Waals surface area (Å²) in [5.41, 5.74) is 0.830. The van der Waals surface area contributed by atoms with Crippen LogP contribution in [0.2, 0.25) is 0 Å². The number of nitrogens with one attached hydrogen (secondary N) is 1. The molecule has 0 aliphatic heterocycles. The number of nitrogens with zero attached hydrogens (tertiary/aromatic N) is 6. The van der Waals surface area contributed by atoms with Crippen LogP contribution in [0.4, 0.5) is 11.6 Å². The maximum absolute atomic E-state index is 4.73. The Morgan fingerprint density at radius 3 is 2.77 bits per heavy atom. The highest BCUT2D eigenvalue weighted by molar-refractivity contribution is 7.09. The Morgan fingerprint density at radius 1 is 1.32 bits per heavy atom. The summed E-state index contributed by atoms with van der Waals surface area (Å²) in [5, 5.41) is 14.0. The van der Waals surface area contributed by atoms with Crippen LogP contribution in [0, 0.1) is 0 Å². The molecule has 1 N–H and O–H groups in total.